The van der Waals surface area contributed by atoms with Gasteiger partial charge in [0.15, 0.2) is 18.5 Å². The van der Waals surface area contributed by atoms with Crippen molar-refractivity contribution in [1.82, 2.24) is 10.2 Å². The van der Waals surface area contributed by atoms with Crippen LogP contribution in [0.15, 0.2) is 66.9 Å². The Morgan fingerprint density at radius 3 is 2.39 bits per heavy atom. The maximum Gasteiger partial charge on any atom is 0.348 e. The molecule has 1 aliphatic carbocycles. The summed E-state index contributed by atoms with van der Waals surface area (Å²) in [5, 5.41) is 22.0. The lowest BCUT2D eigenvalue weighted by molar-refractivity contribution is -0.890. The first kappa shape index (κ1) is 21.2. The lowest BCUT2D eigenvalue weighted by Crippen LogP contribution is -2.48. The van der Waals surface area contributed by atoms with Gasteiger partial charge in [0.05, 0.1) is 13.6 Å². The molecule has 8 nitrogen and oxygen atoms in total. The van der Waals surface area contributed by atoms with E-state index in [-0.39, 0.29) is 12.5 Å². The van der Waals surface area contributed by atoms with Crippen molar-refractivity contribution in [2.75, 3.05) is 32.0 Å². The first-order valence-corrected chi connectivity index (χ1v) is 10.9. The first-order valence-electron chi connectivity index (χ1n) is 10.9. The van der Waals surface area contributed by atoms with Crippen LogP contribution in [0.25, 0.3) is 11.1 Å². The van der Waals surface area contributed by atoms with Crippen molar-refractivity contribution >= 4 is 17.7 Å². The van der Waals surface area contributed by atoms with Gasteiger partial charge in [-0.15, -0.1) is 5.10 Å². The minimum atomic E-state index is -1.84. The number of likely N-dealkylation sites (N-methyl/N-ethyl adjacent to an activating group) is 1. The van der Waals surface area contributed by atoms with Crippen molar-refractivity contribution in [2.45, 2.75) is 18.1 Å². The fourth-order valence-corrected chi connectivity index (χ4v) is 4.94. The van der Waals surface area contributed by atoms with E-state index in [2.05, 4.69) is 15.5 Å². The quantitative estimate of drug-likeness (QED) is 0.461. The van der Waals surface area contributed by atoms with Crippen LogP contribution < -0.4 is 5.32 Å². The van der Waals surface area contributed by atoms with Crippen molar-refractivity contribution in [1.29, 1.82) is 0 Å². The van der Waals surface area contributed by atoms with Gasteiger partial charge < -0.3 is 19.6 Å². The second-order valence-corrected chi connectivity index (χ2v) is 8.96. The second-order valence-electron chi connectivity index (χ2n) is 8.96. The number of aliphatic hydroxyl groups is 1. The predicted octanol–water partition coefficient (Wildman–Crippen LogP) is 2.09. The van der Waals surface area contributed by atoms with Crippen LogP contribution in [0.2, 0.25) is 0 Å². The second kappa shape index (κ2) is 8.06. The van der Waals surface area contributed by atoms with Crippen LogP contribution in [0.5, 0.6) is 0 Å². The zero-order chi connectivity index (χ0) is 23.1. The van der Waals surface area contributed by atoms with Gasteiger partial charge in [0, 0.05) is 23.7 Å². The molecule has 33 heavy (non-hydrogen) atoms. The summed E-state index contributed by atoms with van der Waals surface area (Å²) in [6.45, 7) is 1.39. The number of benzene rings is 2. The van der Waals surface area contributed by atoms with E-state index < -0.39 is 17.7 Å². The number of nitrogens with one attached hydrogen (secondary N) is 1. The Hall–Kier alpha value is -3.62. The number of carbonyl (C=O) groups is 2. The normalized spacial score (nSPS) is 22.3. The van der Waals surface area contributed by atoms with Crippen molar-refractivity contribution < 1.29 is 23.9 Å². The molecule has 1 unspecified atom stereocenters. The van der Waals surface area contributed by atoms with Gasteiger partial charge in [-0.05, 0) is 23.3 Å². The van der Waals surface area contributed by atoms with Crippen LogP contribution in [-0.4, -0.2) is 64.4 Å². The Kier molecular flexibility index (Phi) is 5.19. The van der Waals surface area contributed by atoms with E-state index >= 15 is 0 Å². The van der Waals surface area contributed by atoms with E-state index in [0.29, 0.717) is 40.9 Å². The molecule has 1 aliphatic heterocycles. The molecule has 3 aromatic rings. The molecule has 0 radical (unpaired) electrons. The Morgan fingerprint density at radius 2 is 1.76 bits per heavy atom. The number of aromatic nitrogens is 2. The lowest BCUT2D eigenvalue weighted by atomic mass is 9.91. The van der Waals surface area contributed by atoms with Gasteiger partial charge in [-0.2, -0.15) is 5.10 Å². The van der Waals surface area contributed by atoms with Gasteiger partial charge in [0.1, 0.15) is 6.54 Å². The van der Waals surface area contributed by atoms with E-state index in [1.165, 1.54) is 6.20 Å². The molecule has 168 valence electrons. The number of likely N-dealkylation sites (tertiary alicyclic amines) is 1. The first-order chi connectivity index (χ1) is 15.9. The monoisotopic (exact) mass is 445 g/mol. The highest BCUT2D eigenvalue weighted by Crippen LogP contribution is 2.48. The molecular weight excluding hydrogens is 420 g/mol. The average Bonchev–Trinajstić information content (AvgIpc) is 3.30. The SMILES string of the molecule is C[N@@+]1(CC(=O)Nc2cccnn2)CCC(OC(=O)C2(O)c3ccccc3-c3ccccc32)C1. The van der Waals surface area contributed by atoms with Crippen LogP contribution in [0.4, 0.5) is 5.82 Å². The number of fused-ring (bicyclic) bond motifs is 3. The van der Waals surface area contributed by atoms with Crippen LogP contribution in [0.3, 0.4) is 0 Å². The van der Waals surface area contributed by atoms with Gasteiger partial charge in [-0.3, -0.25) is 4.79 Å². The summed E-state index contributed by atoms with van der Waals surface area (Å²) < 4.78 is 6.27. The fourth-order valence-electron chi connectivity index (χ4n) is 4.94. The minimum absolute atomic E-state index is 0.178. The highest BCUT2D eigenvalue weighted by atomic mass is 16.6. The average molecular weight is 445 g/mol. The van der Waals surface area contributed by atoms with Crippen molar-refractivity contribution in [3.05, 3.63) is 78.0 Å². The molecule has 2 N–H and O–H groups in total. The van der Waals surface area contributed by atoms with E-state index in [1.54, 1.807) is 24.3 Å². The summed E-state index contributed by atoms with van der Waals surface area (Å²) in [5.74, 6) is -0.457. The predicted molar refractivity (Wildman–Crippen MR) is 121 cm³/mol. The van der Waals surface area contributed by atoms with Crippen molar-refractivity contribution in [3.63, 3.8) is 0 Å². The van der Waals surface area contributed by atoms with Crippen LogP contribution in [0, 0.1) is 0 Å². The number of quaternary nitrogens is 1. The zero-order valence-electron chi connectivity index (χ0n) is 18.3. The summed E-state index contributed by atoms with van der Waals surface area (Å²) in [7, 11) is 1.96. The maximum atomic E-state index is 13.3. The third-order valence-electron chi connectivity index (χ3n) is 6.49. The summed E-state index contributed by atoms with van der Waals surface area (Å²) >= 11 is 0. The highest BCUT2D eigenvalue weighted by Gasteiger charge is 2.51. The van der Waals surface area contributed by atoms with Gasteiger partial charge in [-0.25, -0.2) is 4.79 Å². The molecule has 8 heteroatoms. The summed E-state index contributed by atoms with van der Waals surface area (Å²) in [6.07, 6.45) is 1.76. The number of carbonyl (C=O) groups excluding carboxylic acids is 2. The van der Waals surface area contributed by atoms with Crippen LogP contribution in [0.1, 0.15) is 17.5 Å². The number of amides is 1. The molecule has 2 heterocycles. The molecule has 1 amide bonds. The van der Waals surface area contributed by atoms with E-state index in [9.17, 15) is 14.7 Å². The molecule has 1 fully saturated rings. The molecular formula is C25H25N4O4+. The lowest BCUT2D eigenvalue weighted by Gasteiger charge is -2.29. The topological polar surface area (TPSA) is 101 Å². The van der Waals surface area contributed by atoms with Gasteiger partial charge in [0.25, 0.3) is 5.91 Å². The van der Waals surface area contributed by atoms with Crippen molar-refractivity contribution in [2.24, 2.45) is 0 Å². The van der Waals surface area contributed by atoms with Gasteiger partial charge in [0.2, 0.25) is 5.60 Å². The standard InChI is InChI=1S/C25H24N4O4/c1-29(16-23(30)27-22-11-6-13-26-28-22)14-12-17(15-29)33-24(31)25(32)20-9-4-2-7-18(20)19-8-3-5-10-21(19)25/h2-11,13,17,32H,12,14-16H2,1H3/p+1/t17?,29-/m1/s1. The molecule has 2 aliphatic rings. The minimum Gasteiger partial charge on any atom is -0.453 e. The summed E-state index contributed by atoms with van der Waals surface area (Å²) in [6, 6.07) is 18.1. The zero-order valence-corrected chi connectivity index (χ0v) is 18.3. The summed E-state index contributed by atoms with van der Waals surface area (Å²) in [4.78, 5) is 25.8. The van der Waals surface area contributed by atoms with E-state index in [1.807, 2.05) is 43.4 Å². The van der Waals surface area contributed by atoms with E-state index in [0.717, 1.165) is 11.1 Å². The number of hydrogen-bond donors (Lipinski definition) is 2. The number of anilines is 1. The maximum absolute atomic E-state index is 13.3. The molecule has 2 aromatic carbocycles. The molecule has 0 spiro atoms. The molecule has 2 atom stereocenters. The Labute approximate surface area is 191 Å². The smallest absolute Gasteiger partial charge is 0.348 e. The van der Waals surface area contributed by atoms with Gasteiger partial charge >= 0.3 is 5.97 Å². The molecule has 0 bridgehead atoms. The number of hydrogen-bond acceptors (Lipinski definition) is 6. The highest BCUT2D eigenvalue weighted by molar-refractivity contribution is 5.96. The Balaban J connectivity index is 1.29. The molecule has 5 rings (SSSR count). The summed E-state index contributed by atoms with van der Waals surface area (Å²) in [5.41, 5.74) is 0.896. The van der Waals surface area contributed by atoms with Crippen LogP contribution in [-0.2, 0) is 19.9 Å². The number of ether oxygens (including phenoxy) is 1. The van der Waals surface area contributed by atoms with Gasteiger partial charge in [-0.1, -0.05) is 48.5 Å². The number of nitrogens with zero attached hydrogens (tertiary/aromatic N) is 3. The Bertz CT molecular complexity index is 1170. The van der Waals surface area contributed by atoms with Crippen molar-refractivity contribution in [3.8, 4) is 11.1 Å². The molecule has 1 saturated heterocycles. The molecule has 1 aromatic heterocycles. The van der Waals surface area contributed by atoms with E-state index in [4.69, 9.17) is 4.74 Å². The third-order valence-corrected chi connectivity index (χ3v) is 6.49. The van der Waals surface area contributed by atoms with Crippen LogP contribution >= 0.6 is 0 Å². The number of rotatable bonds is 5. The Morgan fingerprint density at radius 1 is 1.09 bits per heavy atom. The number of esters is 1. The molecule has 0 saturated carbocycles. The largest absolute Gasteiger partial charge is 0.453 e. The fraction of sp³-hybridized carbons (Fsp3) is 0.280. The third kappa shape index (κ3) is 3.77.